The van der Waals surface area contributed by atoms with Crippen LogP contribution in [-0.2, 0) is 0 Å². The van der Waals surface area contributed by atoms with Crippen molar-refractivity contribution in [1.82, 2.24) is 4.98 Å². The quantitative estimate of drug-likeness (QED) is 0.326. The predicted octanol–water partition coefficient (Wildman–Crippen LogP) is 6.09. The molecular formula is C23H26N2O2S. The first kappa shape index (κ1) is 20.1. The number of ether oxygens (including phenoxy) is 1. The van der Waals surface area contributed by atoms with Crippen LogP contribution in [0.2, 0.25) is 0 Å². The van der Waals surface area contributed by atoms with E-state index in [1.165, 1.54) is 17.8 Å². The molecule has 0 radical (unpaired) electrons. The van der Waals surface area contributed by atoms with Crippen molar-refractivity contribution in [3.63, 3.8) is 0 Å². The number of unbranched alkanes of at least 4 members (excludes halogenated alkanes) is 2. The van der Waals surface area contributed by atoms with E-state index in [0.717, 1.165) is 40.9 Å². The highest BCUT2D eigenvalue weighted by Gasteiger charge is 2.15. The Bertz CT molecular complexity index is 948. The van der Waals surface area contributed by atoms with E-state index in [2.05, 4.69) is 24.1 Å². The number of hydrogen-bond donors (Lipinski definition) is 0. The Balaban J connectivity index is 1.59. The minimum absolute atomic E-state index is 0.0477. The molecule has 1 amide bonds. The highest BCUT2D eigenvalue weighted by Crippen LogP contribution is 2.24. The fraction of sp³-hybridized carbons (Fsp3) is 0.304. The third-order valence-electron chi connectivity index (χ3n) is 4.49. The van der Waals surface area contributed by atoms with Crippen LogP contribution >= 0.6 is 11.3 Å². The number of rotatable bonds is 9. The Morgan fingerprint density at radius 3 is 2.89 bits per heavy atom. The van der Waals surface area contributed by atoms with Crippen molar-refractivity contribution in [3.05, 3.63) is 65.7 Å². The lowest BCUT2D eigenvalue weighted by atomic mass is 10.1. The molecule has 146 valence electrons. The average molecular weight is 395 g/mol. The van der Waals surface area contributed by atoms with Crippen molar-refractivity contribution in [2.45, 2.75) is 32.6 Å². The minimum atomic E-state index is -0.0477. The molecule has 2 aromatic carbocycles. The summed E-state index contributed by atoms with van der Waals surface area (Å²) in [6.45, 7) is 2.85. The van der Waals surface area contributed by atoms with Gasteiger partial charge in [-0.3, -0.25) is 4.79 Å². The first-order valence-electron chi connectivity index (χ1n) is 9.68. The summed E-state index contributed by atoms with van der Waals surface area (Å²) in [5, 5.41) is 0. The molecule has 1 heterocycles. The van der Waals surface area contributed by atoms with E-state index >= 15 is 0 Å². The predicted molar refractivity (Wildman–Crippen MR) is 118 cm³/mol. The lowest BCUT2D eigenvalue weighted by Crippen LogP contribution is -2.26. The molecule has 5 heteroatoms. The second-order valence-electron chi connectivity index (χ2n) is 6.65. The Labute approximate surface area is 170 Å². The highest BCUT2D eigenvalue weighted by atomic mass is 32.1. The summed E-state index contributed by atoms with van der Waals surface area (Å²) in [6.07, 6.45) is 8.77. The van der Waals surface area contributed by atoms with Gasteiger partial charge in [-0.15, -0.1) is 11.3 Å². The van der Waals surface area contributed by atoms with Gasteiger partial charge in [-0.25, -0.2) is 4.98 Å². The van der Waals surface area contributed by atoms with Gasteiger partial charge in [-0.05, 0) is 49.6 Å². The molecule has 1 aromatic heterocycles. The molecular weight excluding hydrogens is 368 g/mol. The number of benzene rings is 2. The van der Waals surface area contributed by atoms with Gasteiger partial charge in [0, 0.05) is 24.4 Å². The summed E-state index contributed by atoms with van der Waals surface area (Å²) < 4.78 is 6.88. The number of carbonyl (C=O) groups is 1. The third-order valence-corrected chi connectivity index (χ3v) is 5.29. The van der Waals surface area contributed by atoms with Crippen LogP contribution in [0, 0.1) is 0 Å². The molecule has 0 aliphatic carbocycles. The topological polar surface area (TPSA) is 42.4 Å². The van der Waals surface area contributed by atoms with Crippen molar-refractivity contribution >= 4 is 33.1 Å². The van der Waals surface area contributed by atoms with E-state index < -0.39 is 0 Å². The molecule has 0 bridgehead atoms. The SMILES string of the molecule is CCCC=CCCCOc1cccc(N(C)C(=O)c2ccc3ncsc3c2)c1. The zero-order valence-electron chi connectivity index (χ0n) is 16.4. The normalized spacial score (nSPS) is 11.2. The van der Waals surface area contributed by atoms with Crippen LogP contribution in [0.1, 0.15) is 43.0 Å². The van der Waals surface area contributed by atoms with Gasteiger partial charge < -0.3 is 9.64 Å². The van der Waals surface area contributed by atoms with Crippen LogP contribution in [-0.4, -0.2) is 24.5 Å². The Hall–Kier alpha value is -2.66. The van der Waals surface area contributed by atoms with Crippen LogP contribution in [0.15, 0.2) is 60.1 Å². The van der Waals surface area contributed by atoms with Gasteiger partial charge in [0.2, 0.25) is 0 Å². The van der Waals surface area contributed by atoms with Crippen molar-refractivity contribution in [3.8, 4) is 5.75 Å². The molecule has 0 saturated carbocycles. The maximum atomic E-state index is 12.9. The Kier molecular flexibility index (Phi) is 7.20. The van der Waals surface area contributed by atoms with Gasteiger partial charge >= 0.3 is 0 Å². The summed E-state index contributed by atoms with van der Waals surface area (Å²) in [5.74, 6) is 0.737. The number of carbonyl (C=O) groups excluding carboxylic acids is 1. The van der Waals surface area contributed by atoms with Gasteiger partial charge in [-0.2, -0.15) is 0 Å². The van der Waals surface area contributed by atoms with Gasteiger partial charge in [-0.1, -0.05) is 31.6 Å². The van der Waals surface area contributed by atoms with E-state index in [4.69, 9.17) is 4.74 Å². The van der Waals surface area contributed by atoms with Crippen LogP contribution in [0.3, 0.4) is 0 Å². The number of anilines is 1. The number of thiazole rings is 1. The largest absolute Gasteiger partial charge is 0.494 e. The fourth-order valence-electron chi connectivity index (χ4n) is 2.87. The molecule has 3 aromatic rings. The summed E-state index contributed by atoms with van der Waals surface area (Å²) >= 11 is 1.54. The molecule has 0 aliphatic rings. The number of allylic oxidation sites excluding steroid dienone is 2. The van der Waals surface area contributed by atoms with Crippen molar-refractivity contribution in [2.24, 2.45) is 0 Å². The third kappa shape index (κ3) is 5.20. The zero-order chi connectivity index (χ0) is 19.8. The number of amides is 1. The molecule has 0 spiro atoms. The summed E-state index contributed by atoms with van der Waals surface area (Å²) in [6, 6.07) is 13.3. The highest BCUT2D eigenvalue weighted by molar-refractivity contribution is 7.16. The van der Waals surface area contributed by atoms with Gasteiger partial charge in [0.05, 0.1) is 22.3 Å². The summed E-state index contributed by atoms with van der Waals surface area (Å²) in [7, 11) is 1.79. The summed E-state index contributed by atoms with van der Waals surface area (Å²) in [4.78, 5) is 18.8. The Morgan fingerprint density at radius 2 is 2.04 bits per heavy atom. The molecule has 0 fully saturated rings. The van der Waals surface area contributed by atoms with E-state index in [9.17, 15) is 4.79 Å². The standard InChI is InChI=1S/C23H26N2O2S/c1-3-4-5-6-7-8-14-27-20-11-9-10-19(16-20)25(2)23(26)18-12-13-21-22(15-18)28-17-24-21/h5-6,9-13,15-17H,3-4,7-8,14H2,1-2H3. The number of hydrogen-bond acceptors (Lipinski definition) is 4. The van der Waals surface area contributed by atoms with Crippen molar-refractivity contribution in [1.29, 1.82) is 0 Å². The molecule has 28 heavy (non-hydrogen) atoms. The molecule has 4 nitrogen and oxygen atoms in total. The van der Waals surface area contributed by atoms with Gasteiger partial charge in [0.15, 0.2) is 0 Å². The van der Waals surface area contributed by atoms with E-state index in [-0.39, 0.29) is 5.91 Å². The Morgan fingerprint density at radius 1 is 1.18 bits per heavy atom. The second-order valence-corrected chi connectivity index (χ2v) is 7.53. The number of nitrogens with zero attached hydrogens (tertiary/aromatic N) is 2. The second kappa shape index (κ2) is 10.0. The van der Waals surface area contributed by atoms with E-state index in [0.29, 0.717) is 12.2 Å². The van der Waals surface area contributed by atoms with Crippen LogP contribution in [0.4, 0.5) is 5.69 Å². The molecule has 0 aliphatic heterocycles. The van der Waals surface area contributed by atoms with E-state index in [1.807, 2.05) is 42.5 Å². The van der Waals surface area contributed by atoms with Crippen molar-refractivity contribution in [2.75, 3.05) is 18.6 Å². The maximum Gasteiger partial charge on any atom is 0.258 e. The minimum Gasteiger partial charge on any atom is -0.494 e. The molecule has 0 unspecified atom stereocenters. The molecule has 0 saturated heterocycles. The fourth-order valence-corrected chi connectivity index (χ4v) is 3.59. The lowest BCUT2D eigenvalue weighted by Gasteiger charge is -2.18. The monoisotopic (exact) mass is 394 g/mol. The molecule has 0 atom stereocenters. The molecule has 3 rings (SSSR count). The van der Waals surface area contributed by atoms with Crippen LogP contribution in [0.5, 0.6) is 5.75 Å². The van der Waals surface area contributed by atoms with E-state index in [1.54, 1.807) is 17.5 Å². The maximum absolute atomic E-state index is 12.9. The smallest absolute Gasteiger partial charge is 0.258 e. The lowest BCUT2D eigenvalue weighted by molar-refractivity contribution is 0.0993. The van der Waals surface area contributed by atoms with Crippen molar-refractivity contribution < 1.29 is 9.53 Å². The molecule has 0 N–H and O–H groups in total. The number of aromatic nitrogens is 1. The van der Waals surface area contributed by atoms with Gasteiger partial charge in [0.1, 0.15) is 5.75 Å². The average Bonchev–Trinajstić information content (AvgIpc) is 3.20. The zero-order valence-corrected chi connectivity index (χ0v) is 17.2. The van der Waals surface area contributed by atoms with Gasteiger partial charge in [0.25, 0.3) is 5.91 Å². The summed E-state index contributed by atoms with van der Waals surface area (Å²) in [5.41, 5.74) is 4.19. The van der Waals surface area contributed by atoms with Crippen LogP contribution < -0.4 is 9.64 Å². The first-order valence-corrected chi connectivity index (χ1v) is 10.6. The van der Waals surface area contributed by atoms with Crippen LogP contribution in [0.25, 0.3) is 10.2 Å². The first-order chi connectivity index (χ1) is 13.7. The number of fused-ring (bicyclic) bond motifs is 1.